The Morgan fingerprint density at radius 2 is 2.25 bits per heavy atom. The van der Waals surface area contributed by atoms with E-state index in [0.717, 1.165) is 23.4 Å². The zero-order chi connectivity index (χ0) is 14.4. The zero-order valence-electron chi connectivity index (χ0n) is 11.8. The summed E-state index contributed by atoms with van der Waals surface area (Å²) in [5.41, 5.74) is 2.13. The van der Waals surface area contributed by atoms with Crippen LogP contribution < -0.4 is 10.1 Å². The van der Waals surface area contributed by atoms with Crippen LogP contribution >= 0.6 is 0 Å². The highest BCUT2D eigenvalue weighted by atomic mass is 16.5. The van der Waals surface area contributed by atoms with Gasteiger partial charge in [0.15, 0.2) is 5.82 Å². The number of hydrogen-bond acceptors (Lipinski definition) is 3. The summed E-state index contributed by atoms with van der Waals surface area (Å²) in [4.78, 5) is 11.7. The Morgan fingerprint density at radius 1 is 1.40 bits per heavy atom. The van der Waals surface area contributed by atoms with E-state index in [2.05, 4.69) is 15.5 Å². The van der Waals surface area contributed by atoms with Gasteiger partial charge < -0.3 is 10.1 Å². The van der Waals surface area contributed by atoms with Gasteiger partial charge in [-0.05, 0) is 31.0 Å². The van der Waals surface area contributed by atoms with Crippen LogP contribution in [0.1, 0.15) is 24.6 Å². The molecule has 0 radical (unpaired) electrons. The number of hydrogen-bond donors (Lipinski definition) is 2. The third-order valence-electron chi connectivity index (χ3n) is 2.87. The Kier molecular flexibility index (Phi) is 4.76. The van der Waals surface area contributed by atoms with E-state index in [0.29, 0.717) is 18.8 Å². The first kappa shape index (κ1) is 14.1. The van der Waals surface area contributed by atoms with Crippen LogP contribution in [0.25, 0.3) is 0 Å². The van der Waals surface area contributed by atoms with E-state index in [-0.39, 0.29) is 5.91 Å². The van der Waals surface area contributed by atoms with Gasteiger partial charge in [0.25, 0.3) is 0 Å². The maximum atomic E-state index is 11.7. The molecule has 0 bridgehead atoms. The third-order valence-corrected chi connectivity index (χ3v) is 2.87. The third kappa shape index (κ3) is 4.12. The van der Waals surface area contributed by atoms with Gasteiger partial charge in [0, 0.05) is 11.8 Å². The van der Waals surface area contributed by atoms with Gasteiger partial charge in [0.05, 0.1) is 13.0 Å². The molecule has 2 aromatic rings. The van der Waals surface area contributed by atoms with Crippen molar-refractivity contribution in [2.75, 3.05) is 11.9 Å². The molecule has 2 rings (SSSR count). The van der Waals surface area contributed by atoms with Gasteiger partial charge in [-0.1, -0.05) is 19.1 Å². The summed E-state index contributed by atoms with van der Waals surface area (Å²) in [7, 11) is 0. The Hall–Kier alpha value is -2.30. The maximum absolute atomic E-state index is 11.7. The molecule has 0 saturated heterocycles. The predicted molar refractivity (Wildman–Crippen MR) is 77.9 cm³/mol. The van der Waals surface area contributed by atoms with E-state index < -0.39 is 0 Å². The average Bonchev–Trinajstić information content (AvgIpc) is 2.86. The summed E-state index contributed by atoms with van der Waals surface area (Å²) in [6, 6.07) is 9.59. The monoisotopic (exact) mass is 273 g/mol. The number of anilines is 1. The first-order valence-electron chi connectivity index (χ1n) is 6.71. The minimum absolute atomic E-state index is 0.105. The minimum atomic E-state index is -0.105. The number of H-pyrrole nitrogens is 1. The van der Waals surface area contributed by atoms with Crippen LogP contribution in [0.2, 0.25) is 0 Å². The summed E-state index contributed by atoms with van der Waals surface area (Å²) < 4.78 is 5.53. The van der Waals surface area contributed by atoms with Crippen molar-refractivity contribution in [2.45, 2.75) is 26.7 Å². The van der Waals surface area contributed by atoms with Crippen LogP contribution in [-0.2, 0) is 11.2 Å². The molecule has 0 fully saturated rings. The van der Waals surface area contributed by atoms with Crippen LogP contribution in [0.5, 0.6) is 5.75 Å². The molecule has 1 aromatic heterocycles. The van der Waals surface area contributed by atoms with Gasteiger partial charge in [-0.2, -0.15) is 5.10 Å². The molecule has 5 heteroatoms. The molecule has 0 unspecified atom stereocenters. The van der Waals surface area contributed by atoms with E-state index in [1.54, 1.807) is 0 Å². The number of aromatic amines is 1. The number of nitrogens with zero attached hydrogens (tertiary/aromatic N) is 1. The van der Waals surface area contributed by atoms with Gasteiger partial charge in [-0.25, -0.2) is 0 Å². The van der Waals surface area contributed by atoms with Gasteiger partial charge in [0.2, 0.25) is 5.91 Å². The van der Waals surface area contributed by atoms with Crippen LogP contribution in [0, 0.1) is 6.92 Å². The lowest BCUT2D eigenvalue weighted by molar-refractivity contribution is -0.116. The Balaban J connectivity index is 1.75. The molecule has 0 aliphatic rings. The second kappa shape index (κ2) is 6.75. The molecule has 0 spiro atoms. The Bertz CT molecular complexity index is 578. The fraction of sp³-hybridized carbons (Fsp3) is 0.333. The highest BCUT2D eigenvalue weighted by Crippen LogP contribution is 2.12. The van der Waals surface area contributed by atoms with E-state index in [1.807, 2.05) is 44.2 Å². The second-order valence-electron chi connectivity index (χ2n) is 4.60. The normalized spacial score (nSPS) is 10.3. The number of aryl methyl sites for hydroxylation is 2. The van der Waals surface area contributed by atoms with Crippen molar-refractivity contribution in [1.82, 2.24) is 10.2 Å². The summed E-state index contributed by atoms with van der Waals surface area (Å²) in [6.45, 7) is 4.37. The summed E-state index contributed by atoms with van der Waals surface area (Å²) in [6.07, 6.45) is 1.15. The van der Waals surface area contributed by atoms with Gasteiger partial charge in [-0.15, -0.1) is 0 Å². The number of carbonyl (C=O) groups is 1. The number of ether oxygens (including phenoxy) is 1. The molecule has 106 valence electrons. The van der Waals surface area contributed by atoms with E-state index in [9.17, 15) is 4.79 Å². The molecule has 0 atom stereocenters. The summed E-state index contributed by atoms with van der Waals surface area (Å²) >= 11 is 0. The number of amides is 1. The molecule has 1 aromatic carbocycles. The molecule has 20 heavy (non-hydrogen) atoms. The molecule has 0 aliphatic carbocycles. The number of carbonyl (C=O) groups excluding carboxylic acids is 1. The van der Waals surface area contributed by atoms with Gasteiger partial charge >= 0.3 is 0 Å². The fourth-order valence-electron chi connectivity index (χ4n) is 1.78. The SMILES string of the molecule is CCc1cc(NC(=O)CCOc2cccc(C)c2)n[nH]1. The number of aromatic nitrogens is 2. The number of rotatable bonds is 6. The van der Waals surface area contributed by atoms with Gasteiger partial charge in [-0.3, -0.25) is 9.89 Å². The molecule has 5 nitrogen and oxygen atoms in total. The average molecular weight is 273 g/mol. The van der Waals surface area contributed by atoms with Crippen molar-refractivity contribution in [3.05, 3.63) is 41.6 Å². The molecule has 1 heterocycles. The lowest BCUT2D eigenvalue weighted by Gasteiger charge is -2.06. The van der Waals surface area contributed by atoms with E-state index in [4.69, 9.17) is 4.74 Å². The molecule has 0 aliphatic heterocycles. The molecule has 1 amide bonds. The smallest absolute Gasteiger partial charge is 0.229 e. The quantitative estimate of drug-likeness (QED) is 0.850. The number of nitrogens with one attached hydrogen (secondary N) is 2. The van der Waals surface area contributed by atoms with Crippen LogP contribution in [-0.4, -0.2) is 22.7 Å². The van der Waals surface area contributed by atoms with E-state index in [1.165, 1.54) is 0 Å². The number of benzene rings is 1. The molecular formula is C15H19N3O2. The lowest BCUT2D eigenvalue weighted by atomic mass is 10.2. The lowest BCUT2D eigenvalue weighted by Crippen LogP contribution is -2.15. The largest absolute Gasteiger partial charge is 0.493 e. The van der Waals surface area contributed by atoms with E-state index >= 15 is 0 Å². The predicted octanol–water partition coefficient (Wildman–Crippen LogP) is 2.69. The first-order chi connectivity index (χ1) is 9.67. The molecule has 2 N–H and O–H groups in total. The first-order valence-corrected chi connectivity index (χ1v) is 6.71. The zero-order valence-corrected chi connectivity index (χ0v) is 11.8. The van der Waals surface area contributed by atoms with Crippen molar-refractivity contribution in [3.63, 3.8) is 0 Å². The van der Waals surface area contributed by atoms with Crippen molar-refractivity contribution in [1.29, 1.82) is 0 Å². The summed E-state index contributed by atoms with van der Waals surface area (Å²) in [5, 5.41) is 9.59. The second-order valence-corrected chi connectivity index (χ2v) is 4.60. The molecule has 0 saturated carbocycles. The van der Waals surface area contributed by atoms with Crippen LogP contribution in [0.3, 0.4) is 0 Å². The highest BCUT2D eigenvalue weighted by molar-refractivity contribution is 5.89. The van der Waals surface area contributed by atoms with Crippen molar-refractivity contribution >= 4 is 11.7 Å². The van der Waals surface area contributed by atoms with Crippen LogP contribution in [0.15, 0.2) is 30.3 Å². The van der Waals surface area contributed by atoms with Crippen molar-refractivity contribution < 1.29 is 9.53 Å². The summed E-state index contributed by atoms with van der Waals surface area (Å²) in [5.74, 6) is 1.24. The fourth-order valence-corrected chi connectivity index (χ4v) is 1.78. The Morgan fingerprint density at radius 3 is 2.95 bits per heavy atom. The Labute approximate surface area is 118 Å². The topological polar surface area (TPSA) is 67.0 Å². The maximum Gasteiger partial charge on any atom is 0.229 e. The highest BCUT2D eigenvalue weighted by Gasteiger charge is 2.06. The molecular weight excluding hydrogens is 254 g/mol. The standard InChI is InChI=1S/C15H19N3O2/c1-3-12-10-14(18-17-12)16-15(19)7-8-20-13-6-4-5-11(2)9-13/h4-6,9-10H,3,7-8H2,1-2H3,(H2,16,17,18,19). The van der Waals surface area contributed by atoms with Gasteiger partial charge in [0.1, 0.15) is 5.75 Å². The van der Waals surface area contributed by atoms with Crippen molar-refractivity contribution in [2.24, 2.45) is 0 Å². The minimum Gasteiger partial charge on any atom is -0.493 e. The van der Waals surface area contributed by atoms with Crippen LogP contribution in [0.4, 0.5) is 5.82 Å². The van der Waals surface area contributed by atoms with Crippen molar-refractivity contribution in [3.8, 4) is 5.75 Å².